The van der Waals surface area contributed by atoms with Crippen LogP contribution in [0.15, 0.2) is 267 Å². The number of nitrogens with zero attached hydrogens (tertiary/aromatic N) is 2. The minimum Gasteiger partial charge on any atom is -0.311 e. The van der Waals surface area contributed by atoms with E-state index in [1.54, 1.807) is 0 Å². The van der Waals surface area contributed by atoms with Crippen LogP contribution in [0.2, 0.25) is 0 Å². The Morgan fingerprint density at radius 2 is 0.761 bits per heavy atom. The van der Waals surface area contributed by atoms with Crippen molar-refractivity contribution in [2.45, 2.75) is 5.41 Å². The van der Waals surface area contributed by atoms with E-state index in [9.17, 15) is 0 Å². The molecule has 1 aromatic heterocycles. The summed E-state index contributed by atoms with van der Waals surface area (Å²) >= 11 is 0. The number of para-hydroxylation sites is 2. The van der Waals surface area contributed by atoms with E-state index in [1.807, 2.05) is 0 Å². The number of fused-ring (bicyclic) bond motifs is 7. The number of hydrogen-bond donors (Lipinski definition) is 0. The molecule has 0 aliphatic heterocycles. The topological polar surface area (TPSA) is 8.17 Å². The van der Waals surface area contributed by atoms with Crippen molar-refractivity contribution >= 4 is 49.6 Å². The first-order valence-corrected chi connectivity index (χ1v) is 23.2. The molecule has 0 unspecified atom stereocenters. The summed E-state index contributed by atoms with van der Waals surface area (Å²) in [5, 5.41) is 4.96. The molecule has 13 rings (SSSR count). The second-order valence-corrected chi connectivity index (χ2v) is 17.7. The molecule has 2 nitrogen and oxygen atoms in total. The van der Waals surface area contributed by atoms with Crippen molar-refractivity contribution in [3.8, 4) is 39.1 Å². The maximum atomic E-state index is 2.48. The SMILES string of the molecule is c1ccc(N(c2ccc(-c3ccc4ccccc4c3)cc2)c2ccc(-c3ccc4c(c3)c3cc(C5(c6ccccc6)c6ccccc6-c6ccccc65)ccc3n4-c3ccccc3)cc2)cc1. The van der Waals surface area contributed by atoms with Gasteiger partial charge in [0.1, 0.15) is 0 Å². The largest absolute Gasteiger partial charge is 0.311 e. The van der Waals surface area contributed by atoms with Gasteiger partial charge in [-0.1, -0.05) is 188 Å². The molecule has 0 atom stereocenters. The van der Waals surface area contributed by atoms with Crippen molar-refractivity contribution in [1.82, 2.24) is 4.57 Å². The highest BCUT2D eigenvalue weighted by Gasteiger charge is 2.46. The highest BCUT2D eigenvalue weighted by Crippen LogP contribution is 2.56. The first-order chi connectivity index (χ1) is 33.2. The summed E-state index contributed by atoms with van der Waals surface area (Å²) < 4.78 is 2.43. The van der Waals surface area contributed by atoms with Gasteiger partial charge >= 0.3 is 0 Å². The van der Waals surface area contributed by atoms with Crippen LogP contribution in [0.5, 0.6) is 0 Å². The summed E-state index contributed by atoms with van der Waals surface area (Å²) in [4.78, 5) is 2.34. The average molecular weight is 853 g/mol. The number of aromatic nitrogens is 1. The van der Waals surface area contributed by atoms with Gasteiger partial charge in [0, 0.05) is 33.5 Å². The minimum absolute atomic E-state index is 0.487. The van der Waals surface area contributed by atoms with Crippen molar-refractivity contribution in [3.63, 3.8) is 0 Å². The number of hydrogen-bond acceptors (Lipinski definition) is 1. The van der Waals surface area contributed by atoms with Gasteiger partial charge in [0.15, 0.2) is 0 Å². The zero-order valence-electron chi connectivity index (χ0n) is 36.8. The minimum atomic E-state index is -0.487. The lowest BCUT2D eigenvalue weighted by atomic mass is 9.67. The van der Waals surface area contributed by atoms with Crippen LogP contribution in [0.1, 0.15) is 22.3 Å². The van der Waals surface area contributed by atoms with Crippen LogP contribution in [-0.2, 0) is 5.41 Å². The van der Waals surface area contributed by atoms with E-state index in [2.05, 4.69) is 276 Å². The Morgan fingerprint density at radius 1 is 0.299 bits per heavy atom. The van der Waals surface area contributed by atoms with Crippen LogP contribution in [-0.4, -0.2) is 4.57 Å². The Labute approximate surface area is 390 Å². The molecule has 1 aliphatic carbocycles. The third-order valence-corrected chi connectivity index (χ3v) is 14.1. The normalized spacial score (nSPS) is 12.6. The fourth-order valence-electron chi connectivity index (χ4n) is 11.0. The van der Waals surface area contributed by atoms with Crippen molar-refractivity contribution in [2.24, 2.45) is 0 Å². The van der Waals surface area contributed by atoms with Gasteiger partial charge in [0.2, 0.25) is 0 Å². The van der Waals surface area contributed by atoms with E-state index in [1.165, 1.54) is 88.2 Å². The van der Waals surface area contributed by atoms with E-state index in [4.69, 9.17) is 0 Å². The quantitative estimate of drug-likeness (QED) is 0.148. The van der Waals surface area contributed by atoms with Crippen LogP contribution < -0.4 is 4.90 Å². The van der Waals surface area contributed by atoms with Gasteiger partial charge in [-0.3, -0.25) is 0 Å². The van der Waals surface area contributed by atoms with Crippen LogP contribution in [0.25, 0.3) is 71.6 Å². The van der Waals surface area contributed by atoms with Gasteiger partial charge in [0.25, 0.3) is 0 Å². The highest BCUT2D eigenvalue weighted by molar-refractivity contribution is 6.11. The molecular formula is C65H44N2. The van der Waals surface area contributed by atoms with Crippen molar-refractivity contribution in [1.29, 1.82) is 0 Å². The predicted molar refractivity (Wildman–Crippen MR) is 281 cm³/mol. The second-order valence-electron chi connectivity index (χ2n) is 17.7. The van der Waals surface area contributed by atoms with Gasteiger partial charge in [-0.05, 0) is 145 Å². The predicted octanol–water partition coefficient (Wildman–Crippen LogP) is 17.1. The Bertz CT molecular complexity index is 3730. The van der Waals surface area contributed by atoms with Crippen molar-refractivity contribution in [2.75, 3.05) is 4.90 Å². The fraction of sp³-hybridized carbons (Fsp3) is 0.0154. The maximum Gasteiger partial charge on any atom is 0.0713 e. The molecule has 67 heavy (non-hydrogen) atoms. The summed E-state index contributed by atoms with van der Waals surface area (Å²) in [7, 11) is 0. The smallest absolute Gasteiger partial charge is 0.0713 e. The van der Waals surface area contributed by atoms with E-state index in [0.717, 1.165) is 22.7 Å². The monoisotopic (exact) mass is 852 g/mol. The van der Waals surface area contributed by atoms with Gasteiger partial charge in [-0.2, -0.15) is 0 Å². The van der Waals surface area contributed by atoms with Crippen molar-refractivity contribution in [3.05, 3.63) is 289 Å². The third-order valence-electron chi connectivity index (χ3n) is 14.1. The molecule has 0 spiro atoms. The number of rotatable bonds is 8. The van der Waals surface area contributed by atoms with Crippen LogP contribution in [0.3, 0.4) is 0 Å². The summed E-state index contributed by atoms with van der Waals surface area (Å²) in [5.41, 5.74) is 18.9. The highest BCUT2D eigenvalue weighted by atomic mass is 15.1. The summed E-state index contributed by atoms with van der Waals surface area (Å²) in [6.07, 6.45) is 0. The van der Waals surface area contributed by atoms with E-state index >= 15 is 0 Å². The van der Waals surface area contributed by atoms with E-state index in [0.29, 0.717) is 0 Å². The summed E-state index contributed by atoms with van der Waals surface area (Å²) in [6.45, 7) is 0. The van der Waals surface area contributed by atoms with Gasteiger partial charge in [-0.25, -0.2) is 0 Å². The van der Waals surface area contributed by atoms with Crippen LogP contribution >= 0.6 is 0 Å². The van der Waals surface area contributed by atoms with Crippen LogP contribution in [0, 0.1) is 0 Å². The first-order valence-electron chi connectivity index (χ1n) is 23.2. The summed E-state index contributed by atoms with van der Waals surface area (Å²) in [6, 6.07) is 98.0. The third kappa shape index (κ3) is 6.26. The molecule has 314 valence electrons. The second kappa shape index (κ2) is 15.8. The standard InChI is InChI=1S/C65H44N2/c1-4-18-51(19-5-1)65(61-26-14-12-24-57(61)58-25-13-15-27-62(58)65)52-35-41-64-60(44-52)59-43-50(34-40-63(59)67(64)54-22-8-3-9-23-54)47-32-38-56(39-33-47)66(53-20-6-2-7-21-53)55-36-30-46(31-37-55)49-29-28-45-16-10-11-17-48(45)42-49/h1-44H. The molecule has 2 heteroatoms. The van der Waals surface area contributed by atoms with Gasteiger partial charge in [0.05, 0.1) is 16.4 Å². The molecule has 0 saturated carbocycles. The number of benzene rings is 11. The zero-order valence-corrected chi connectivity index (χ0v) is 36.8. The van der Waals surface area contributed by atoms with Gasteiger partial charge < -0.3 is 9.47 Å². The molecule has 0 N–H and O–H groups in total. The maximum absolute atomic E-state index is 2.48. The Balaban J connectivity index is 0.936. The molecule has 1 aliphatic rings. The molecule has 0 amide bonds. The Hall–Kier alpha value is -8.72. The average Bonchev–Trinajstić information content (AvgIpc) is 3.90. The molecule has 11 aromatic carbocycles. The molecular weight excluding hydrogens is 809 g/mol. The summed E-state index contributed by atoms with van der Waals surface area (Å²) in [5.74, 6) is 0. The van der Waals surface area contributed by atoms with E-state index < -0.39 is 5.41 Å². The van der Waals surface area contributed by atoms with Gasteiger partial charge in [-0.15, -0.1) is 0 Å². The Kier molecular flexibility index (Phi) is 9.11. The molecule has 1 heterocycles. The zero-order chi connectivity index (χ0) is 44.3. The number of anilines is 3. The molecule has 0 saturated heterocycles. The fourth-order valence-corrected chi connectivity index (χ4v) is 11.0. The molecule has 0 bridgehead atoms. The lowest BCUT2D eigenvalue weighted by molar-refractivity contribution is 0.770. The Morgan fingerprint density at radius 3 is 1.40 bits per heavy atom. The lowest BCUT2D eigenvalue weighted by Gasteiger charge is -2.34. The molecule has 0 fully saturated rings. The van der Waals surface area contributed by atoms with Crippen LogP contribution in [0.4, 0.5) is 17.1 Å². The molecule has 0 radical (unpaired) electrons. The molecule has 12 aromatic rings. The lowest BCUT2D eigenvalue weighted by Crippen LogP contribution is -2.28. The van der Waals surface area contributed by atoms with E-state index in [-0.39, 0.29) is 0 Å². The first kappa shape index (κ1) is 38.7. The van der Waals surface area contributed by atoms with Crippen molar-refractivity contribution < 1.29 is 0 Å².